The van der Waals surface area contributed by atoms with Gasteiger partial charge < -0.3 is 9.47 Å². The number of aryl methyl sites for hydroxylation is 2. The molecule has 0 radical (unpaired) electrons. The zero-order valence-electron chi connectivity index (χ0n) is 18.4. The maximum absolute atomic E-state index is 5.50. The number of morpholine rings is 1. The van der Waals surface area contributed by atoms with Gasteiger partial charge in [0, 0.05) is 30.9 Å². The summed E-state index contributed by atoms with van der Waals surface area (Å²) in [7, 11) is 1.72. The zero-order chi connectivity index (χ0) is 21.8. The number of fused-ring (bicyclic) bond motifs is 1. The number of para-hydroxylation sites is 1. The standard InChI is InChI=1S/C26H28N4O2/c1-31-25-5-3-2-4-22(25)10-11-23-12-13-24(26-28-27-19-30(23)26)21-8-6-20(7-9-21)18-29-14-16-32-17-15-29/h2-9,12-13,19H,10-11,14-18H2,1H3. The van der Waals surface area contributed by atoms with Crippen LogP contribution in [0.3, 0.4) is 0 Å². The van der Waals surface area contributed by atoms with Crippen LogP contribution in [-0.2, 0) is 24.1 Å². The fraction of sp³-hybridized carbons (Fsp3) is 0.308. The molecule has 0 spiro atoms. The van der Waals surface area contributed by atoms with Crippen LogP contribution in [0.5, 0.6) is 5.75 Å². The van der Waals surface area contributed by atoms with Crippen molar-refractivity contribution >= 4 is 5.65 Å². The average Bonchev–Trinajstić information content (AvgIpc) is 3.34. The Bertz CT molecular complexity index is 1180. The predicted octanol–water partition coefficient (Wildman–Crippen LogP) is 4.02. The molecule has 5 rings (SSSR count). The molecule has 1 saturated heterocycles. The molecular weight excluding hydrogens is 400 g/mol. The van der Waals surface area contributed by atoms with Crippen molar-refractivity contribution in [2.24, 2.45) is 0 Å². The summed E-state index contributed by atoms with van der Waals surface area (Å²) in [6.45, 7) is 4.61. The van der Waals surface area contributed by atoms with Crippen molar-refractivity contribution in [1.29, 1.82) is 0 Å². The molecule has 6 heteroatoms. The number of hydrogen-bond acceptors (Lipinski definition) is 5. The number of ether oxygens (including phenoxy) is 2. The van der Waals surface area contributed by atoms with Gasteiger partial charge in [-0.2, -0.15) is 0 Å². The monoisotopic (exact) mass is 428 g/mol. The molecule has 0 bridgehead atoms. The molecule has 1 aliphatic rings. The SMILES string of the molecule is COc1ccccc1CCc1ccc(-c2ccc(CN3CCOCC3)cc2)c2nncn12. The third kappa shape index (κ3) is 4.38. The quantitative estimate of drug-likeness (QED) is 0.445. The van der Waals surface area contributed by atoms with E-state index < -0.39 is 0 Å². The third-order valence-corrected chi connectivity index (χ3v) is 6.16. The molecule has 0 aliphatic carbocycles. The van der Waals surface area contributed by atoms with E-state index >= 15 is 0 Å². The number of rotatable bonds is 7. The van der Waals surface area contributed by atoms with Gasteiger partial charge in [-0.1, -0.05) is 42.5 Å². The Morgan fingerprint density at radius 1 is 0.938 bits per heavy atom. The summed E-state index contributed by atoms with van der Waals surface area (Å²) in [6.07, 6.45) is 3.59. The first-order chi connectivity index (χ1) is 15.8. The summed E-state index contributed by atoms with van der Waals surface area (Å²) in [5.74, 6) is 0.932. The van der Waals surface area contributed by atoms with Gasteiger partial charge in [0.15, 0.2) is 5.65 Å². The highest BCUT2D eigenvalue weighted by Gasteiger charge is 2.13. The molecule has 0 amide bonds. The summed E-state index contributed by atoms with van der Waals surface area (Å²) >= 11 is 0. The van der Waals surface area contributed by atoms with Crippen LogP contribution in [0, 0.1) is 0 Å². The summed E-state index contributed by atoms with van der Waals surface area (Å²) in [6, 6.07) is 21.3. The molecule has 0 N–H and O–H groups in total. The molecule has 2 aromatic heterocycles. The minimum Gasteiger partial charge on any atom is -0.496 e. The maximum Gasteiger partial charge on any atom is 0.168 e. The maximum atomic E-state index is 5.50. The first kappa shape index (κ1) is 20.7. The van der Waals surface area contributed by atoms with Gasteiger partial charge in [-0.15, -0.1) is 10.2 Å². The fourth-order valence-corrected chi connectivity index (χ4v) is 4.37. The third-order valence-electron chi connectivity index (χ3n) is 6.16. The number of benzene rings is 2. The van der Waals surface area contributed by atoms with Crippen LogP contribution in [0.2, 0.25) is 0 Å². The zero-order valence-corrected chi connectivity index (χ0v) is 18.4. The molecule has 3 heterocycles. The predicted molar refractivity (Wildman–Crippen MR) is 125 cm³/mol. The van der Waals surface area contributed by atoms with Crippen LogP contribution in [0.15, 0.2) is 67.0 Å². The molecule has 4 aromatic rings. The van der Waals surface area contributed by atoms with E-state index in [9.17, 15) is 0 Å². The molecule has 2 aromatic carbocycles. The minimum atomic E-state index is 0.826. The Morgan fingerprint density at radius 3 is 2.56 bits per heavy atom. The highest BCUT2D eigenvalue weighted by molar-refractivity contribution is 5.77. The Hall–Kier alpha value is -3.22. The van der Waals surface area contributed by atoms with Gasteiger partial charge in [0.1, 0.15) is 12.1 Å². The van der Waals surface area contributed by atoms with Crippen LogP contribution in [-0.4, -0.2) is 52.9 Å². The van der Waals surface area contributed by atoms with Crippen molar-refractivity contribution in [1.82, 2.24) is 19.5 Å². The summed E-state index contributed by atoms with van der Waals surface area (Å²) in [5, 5.41) is 8.63. The first-order valence-corrected chi connectivity index (χ1v) is 11.1. The van der Waals surface area contributed by atoms with Gasteiger partial charge in [-0.05, 0) is 47.7 Å². The number of aromatic nitrogens is 3. The van der Waals surface area contributed by atoms with Gasteiger partial charge in [0.05, 0.1) is 20.3 Å². The highest BCUT2D eigenvalue weighted by atomic mass is 16.5. The summed E-state index contributed by atoms with van der Waals surface area (Å²) in [4.78, 5) is 2.44. The molecule has 1 fully saturated rings. The summed E-state index contributed by atoms with van der Waals surface area (Å²) in [5.41, 5.74) is 6.86. The van der Waals surface area contributed by atoms with Crippen molar-refractivity contribution in [3.8, 4) is 16.9 Å². The Labute approximate surface area is 188 Å². The van der Waals surface area contributed by atoms with E-state index in [-0.39, 0.29) is 0 Å². The van der Waals surface area contributed by atoms with Crippen LogP contribution in [0.1, 0.15) is 16.8 Å². The largest absolute Gasteiger partial charge is 0.496 e. The molecule has 1 aliphatic heterocycles. The highest BCUT2D eigenvalue weighted by Crippen LogP contribution is 2.26. The van der Waals surface area contributed by atoms with E-state index in [4.69, 9.17) is 9.47 Å². The average molecular weight is 429 g/mol. The number of nitrogens with zero attached hydrogens (tertiary/aromatic N) is 4. The van der Waals surface area contributed by atoms with Gasteiger partial charge in [-0.25, -0.2) is 0 Å². The van der Waals surface area contributed by atoms with E-state index in [2.05, 4.69) is 68.0 Å². The molecule has 32 heavy (non-hydrogen) atoms. The van der Waals surface area contributed by atoms with E-state index in [1.54, 1.807) is 7.11 Å². The Balaban J connectivity index is 1.35. The van der Waals surface area contributed by atoms with Crippen molar-refractivity contribution in [3.05, 3.63) is 83.8 Å². The van der Waals surface area contributed by atoms with Crippen LogP contribution in [0.25, 0.3) is 16.8 Å². The molecule has 6 nitrogen and oxygen atoms in total. The molecule has 0 unspecified atom stereocenters. The van der Waals surface area contributed by atoms with Crippen LogP contribution in [0.4, 0.5) is 0 Å². The second-order valence-corrected chi connectivity index (χ2v) is 8.16. The fourth-order valence-electron chi connectivity index (χ4n) is 4.37. The lowest BCUT2D eigenvalue weighted by Crippen LogP contribution is -2.35. The molecule has 0 saturated carbocycles. The van der Waals surface area contributed by atoms with Crippen molar-refractivity contribution in [2.45, 2.75) is 19.4 Å². The van der Waals surface area contributed by atoms with E-state index in [1.165, 1.54) is 16.8 Å². The van der Waals surface area contributed by atoms with Crippen LogP contribution >= 0.6 is 0 Å². The summed E-state index contributed by atoms with van der Waals surface area (Å²) < 4.78 is 13.1. The first-order valence-electron chi connectivity index (χ1n) is 11.1. The van der Waals surface area contributed by atoms with Gasteiger partial charge in [0.25, 0.3) is 0 Å². The molecule has 164 valence electrons. The number of hydrogen-bond donors (Lipinski definition) is 0. The molecular formula is C26H28N4O2. The number of methoxy groups -OCH3 is 1. The van der Waals surface area contributed by atoms with Gasteiger partial charge >= 0.3 is 0 Å². The number of pyridine rings is 1. The van der Waals surface area contributed by atoms with E-state index in [0.717, 1.165) is 68.2 Å². The van der Waals surface area contributed by atoms with E-state index in [1.807, 2.05) is 18.5 Å². The Morgan fingerprint density at radius 2 is 1.75 bits per heavy atom. The lowest BCUT2D eigenvalue weighted by atomic mass is 10.0. The molecule has 0 atom stereocenters. The minimum absolute atomic E-state index is 0.826. The van der Waals surface area contributed by atoms with E-state index in [0.29, 0.717) is 0 Å². The smallest absolute Gasteiger partial charge is 0.168 e. The van der Waals surface area contributed by atoms with Gasteiger partial charge in [0.2, 0.25) is 0 Å². The normalized spacial score (nSPS) is 14.7. The van der Waals surface area contributed by atoms with Crippen molar-refractivity contribution in [3.63, 3.8) is 0 Å². The van der Waals surface area contributed by atoms with Crippen molar-refractivity contribution < 1.29 is 9.47 Å². The second-order valence-electron chi connectivity index (χ2n) is 8.16. The van der Waals surface area contributed by atoms with Crippen molar-refractivity contribution in [2.75, 3.05) is 33.4 Å². The van der Waals surface area contributed by atoms with Crippen LogP contribution < -0.4 is 4.74 Å². The lowest BCUT2D eigenvalue weighted by Gasteiger charge is -2.26. The lowest BCUT2D eigenvalue weighted by molar-refractivity contribution is 0.0342. The topological polar surface area (TPSA) is 51.9 Å². The van der Waals surface area contributed by atoms with Gasteiger partial charge in [-0.3, -0.25) is 9.30 Å². The Kier molecular flexibility index (Phi) is 6.14. The second kappa shape index (κ2) is 9.51.